The number of piperidine rings is 1. The second-order valence-electron chi connectivity index (χ2n) is 8.37. The fourth-order valence-corrected chi connectivity index (χ4v) is 6.96. The quantitative estimate of drug-likeness (QED) is 0.798. The SMILES string of the molecule is Cc1ccc2c(c1)[C@H]1CN(C)CC[C@@H]1N2S(=O)(=O)c1ccc2c(c1)CCC2. The first-order valence-electron chi connectivity index (χ1n) is 9.90. The van der Waals surface area contributed by atoms with E-state index in [2.05, 4.69) is 24.9 Å². The van der Waals surface area contributed by atoms with Crippen LogP contribution in [0.25, 0.3) is 0 Å². The first kappa shape index (κ1) is 17.3. The molecule has 0 aromatic heterocycles. The lowest BCUT2D eigenvalue weighted by Crippen LogP contribution is -2.47. The van der Waals surface area contributed by atoms with Gasteiger partial charge >= 0.3 is 0 Å². The maximum absolute atomic E-state index is 13.7. The number of aryl methyl sites for hydroxylation is 3. The second-order valence-corrected chi connectivity index (χ2v) is 10.2. The van der Waals surface area contributed by atoms with Gasteiger partial charge in [0.25, 0.3) is 10.0 Å². The van der Waals surface area contributed by atoms with Crippen molar-refractivity contribution in [2.45, 2.75) is 49.5 Å². The number of likely N-dealkylation sites (tertiary alicyclic amines) is 1. The molecule has 5 rings (SSSR count). The number of fused-ring (bicyclic) bond motifs is 4. The molecule has 2 aromatic carbocycles. The van der Waals surface area contributed by atoms with E-state index < -0.39 is 10.0 Å². The fraction of sp³-hybridized carbons (Fsp3) is 0.455. The molecular formula is C22H26N2O2S. The Morgan fingerprint density at radius 3 is 2.70 bits per heavy atom. The van der Waals surface area contributed by atoms with Gasteiger partial charge in [-0.05, 0) is 81.1 Å². The first-order chi connectivity index (χ1) is 12.9. The number of sulfonamides is 1. The Morgan fingerprint density at radius 2 is 1.85 bits per heavy atom. The minimum atomic E-state index is -3.56. The van der Waals surface area contributed by atoms with Gasteiger partial charge in [0.05, 0.1) is 16.6 Å². The largest absolute Gasteiger partial charge is 0.306 e. The zero-order valence-corrected chi connectivity index (χ0v) is 16.8. The summed E-state index contributed by atoms with van der Waals surface area (Å²) in [5.41, 5.74) is 5.78. The lowest BCUT2D eigenvalue weighted by molar-refractivity contribution is 0.237. The van der Waals surface area contributed by atoms with Crippen molar-refractivity contribution >= 4 is 15.7 Å². The molecule has 27 heavy (non-hydrogen) atoms. The van der Waals surface area contributed by atoms with Gasteiger partial charge in [0.2, 0.25) is 0 Å². The first-order valence-corrected chi connectivity index (χ1v) is 11.3. The molecule has 0 amide bonds. The Balaban J connectivity index is 1.63. The van der Waals surface area contributed by atoms with Crippen molar-refractivity contribution in [3.8, 4) is 0 Å². The van der Waals surface area contributed by atoms with Gasteiger partial charge < -0.3 is 4.90 Å². The highest BCUT2D eigenvalue weighted by Crippen LogP contribution is 2.47. The molecule has 142 valence electrons. The van der Waals surface area contributed by atoms with Crippen LogP contribution in [0.5, 0.6) is 0 Å². The summed E-state index contributed by atoms with van der Waals surface area (Å²) in [4.78, 5) is 2.77. The predicted octanol–water partition coefficient (Wildman–Crippen LogP) is 3.48. The molecule has 4 nitrogen and oxygen atoms in total. The van der Waals surface area contributed by atoms with Crippen molar-refractivity contribution < 1.29 is 8.42 Å². The van der Waals surface area contributed by atoms with Gasteiger partial charge in [0, 0.05) is 12.5 Å². The second kappa shape index (κ2) is 6.08. The summed E-state index contributed by atoms with van der Waals surface area (Å²) in [6.07, 6.45) is 4.06. The van der Waals surface area contributed by atoms with Crippen LogP contribution in [-0.4, -0.2) is 39.5 Å². The van der Waals surface area contributed by atoms with Crippen molar-refractivity contribution in [1.29, 1.82) is 0 Å². The molecule has 2 aliphatic heterocycles. The van der Waals surface area contributed by atoms with Crippen LogP contribution >= 0.6 is 0 Å². The normalized spacial score (nSPS) is 24.6. The van der Waals surface area contributed by atoms with Crippen molar-refractivity contribution in [2.75, 3.05) is 24.4 Å². The minimum Gasteiger partial charge on any atom is -0.306 e. The molecule has 0 spiro atoms. The Bertz CT molecular complexity index is 1010. The molecule has 0 saturated carbocycles. The molecule has 0 bridgehead atoms. The van der Waals surface area contributed by atoms with Crippen molar-refractivity contribution in [2.24, 2.45) is 0 Å². The Kier molecular flexibility index (Phi) is 3.89. The van der Waals surface area contributed by atoms with Crippen LogP contribution < -0.4 is 4.31 Å². The summed E-state index contributed by atoms with van der Waals surface area (Å²) in [6.45, 7) is 3.93. The molecule has 2 heterocycles. The van der Waals surface area contributed by atoms with Gasteiger partial charge in [-0.1, -0.05) is 23.8 Å². The molecular weight excluding hydrogens is 356 g/mol. The summed E-state index contributed by atoms with van der Waals surface area (Å²) < 4.78 is 29.2. The zero-order valence-electron chi connectivity index (χ0n) is 16.0. The number of hydrogen-bond acceptors (Lipinski definition) is 3. The van der Waals surface area contributed by atoms with E-state index in [1.165, 1.54) is 22.3 Å². The predicted molar refractivity (Wildman–Crippen MR) is 108 cm³/mol. The summed E-state index contributed by atoms with van der Waals surface area (Å²) in [7, 11) is -1.43. The van der Waals surface area contributed by atoms with Gasteiger partial charge in [0.15, 0.2) is 0 Å². The Labute approximate surface area is 161 Å². The molecule has 0 unspecified atom stereocenters. The van der Waals surface area contributed by atoms with Gasteiger partial charge in [0.1, 0.15) is 0 Å². The molecule has 1 fully saturated rings. The third kappa shape index (κ3) is 2.63. The van der Waals surface area contributed by atoms with Crippen molar-refractivity contribution in [1.82, 2.24) is 4.90 Å². The molecule has 5 heteroatoms. The zero-order chi connectivity index (χ0) is 18.8. The molecule has 0 radical (unpaired) electrons. The lowest BCUT2D eigenvalue weighted by atomic mass is 9.89. The lowest BCUT2D eigenvalue weighted by Gasteiger charge is -2.36. The fourth-order valence-electron chi connectivity index (χ4n) is 5.17. The van der Waals surface area contributed by atoms with Crippen LogP contribution in [0.1, 0.15) is 41.0 Å². The summed E-state index contributed by atoms with van der Waals surface area (Å²) in [5.74, 6) is 0.253. The van der Waals surface area contributed by atoms with Crippen LogP contribution in [0.3, 0.4) is 0 Å². The van der Waals surface area contributed by atoms with E-state index in [0.717, 1.165) is 44.5 Å². The van der Waals surface area contributed by atoms with Crippen LogP contribution in [0.2, 0.25) is 0 Å². The standard InChI is InChI=1S/C22H26N2O2S/c1-15-6-9-21-19(12-15)20-14-23(2)11-10-22(20)24(21)27(25,26)18-8-7-16-4-3-5-17(16)13-18/h6-9,12-13,20,22H,3-5,10-11,14H2,1-2H3/t20-,22+/m1/s1. The molecule has 1 aliphatic carbocycles. The van der Waals surface area contributed by atoms with Crippen LogP contribution in [0.4, 0.5) is 5.69 Å². The average molecular weight is 383 g/mol. The molecule has 0 N–H and O–H groups in total. The Hall–Kier alpha value is -1.85. The summed E-state index contributed by atoms with van der Waals surface area (Å²) in [5, 5.41) is 0. The van der Waals surface area contributed by atoms with E-state index in [4.69, 9.17) is 0 Å². The van der Waals surface area contributed by atoms with Gasteiger partial charge in [-0.2, -0.15) is 0 Å². The maximum Gasteiger partial charge on any atom is 0.264 e. The molecule has 1 saturated heterocycles. The molecule has 2 atom stereocenters. The van der Waals surface area contributed by atoms with E-state index in [1.54, 1.807) is 4.31 Å². The van der Waals surface area contributed by atoms with Crippen LogP contribution in [0, 0.1) is 6.92 Å². The number of likely N-dealkylation sites (N-methyl/N-ethyl adjacent to an activating group) is 1. The van der Waals surface area contributed by atoms with E-state index in [1.807, 2.05) is 30.3 Å². The molecule has 2 aromatic rings. The highest BCUT2D eigenvalue weighted by atomic mass is 32.2. The van der Waals surface area contributed by atoms with Gasteiger partial charge in [-0.3, -0.25) is 4.31 Å². The third-order valence-corrected chi connectivity index (χ3v) is 8.36. The van der Waals surface area contributed by atoms with Crippen molar-refractivity contribution in [3.05, 3.63) is 58.7 Å². The monoisotopic (exact) mass is 382 g/mol. The highest BCUT2D eigenvalue weighted by molar-refractivity contribution is 7.92. The smallest absolute Gasteiger partial charge is 0.264 e. The summed E-state index contributed by atoms with van der Waals surface area (Å²) >= 11 is 0. The number of anilines is 1. The number of nitrogens with zero attached hydrogens (tertiary/aromatic N) is 2. The van der Waals surface area contributed by atoms with E-state index in [-0.39, 0.29) is 12.0 Å². The van der Waals surface area contributed by atoms with E-state index in [0.29, 0.717) is 4.90 Å². The van der Waals surface area contributed by atoms with Gasteiger partial charge in [-0.25, -0.2) is 8.42 Å². The Morgan fingerprint density at radius 1 is 1.04 bits per heavy atom. The highest BCUT2D eigenvalue weighted by Gasteiger charge is 2.46. The topological polar surface area (TPSA) is 40.6 Å². The summed E-state index contributed by atoms with van der Waals surface area (Å²) in [6, 6.07) is 12.0. The minimum absolute atomic E-state index is 0.0243. The average Bonchev–Trinajstić information content (AvgIpc) is 3.23. The maximum atomic E-state index is 13.7. The number of rotatable bonds is 2. The van der Waals surface area contributed by atoms with E-state index in [9.17, 15) is 8.42 Å². The third-order valence-electron chi connectivity index (χ3n) is 6.53. The van der Waals surface area contributed by atoms with E-state index >= 15 is 0 Å². The number of hydrogen-bond donors (Lipinski definition) is 0. The van der Waals surface area contributed by atoms with Crippen molar-refractivity contribution in [3.63, 3.8) is 0 Å². The van der Waals surface area contributed by atoms with Crippen LogP contribution in [-0.2, 0) is 22.9 Å². The van der Waals surface area contributed by atoms with Crippen LogP contribution in [0.15, 0.2) is 41.3 Å². The number of benzene rings is 2. The molecule has 3 aliphatic rings. The van der Waals surface area contributed by atoms with Gasteiger partial charge in [-0.15, -0.1) is 0 Å².